The van der Waals surface area contributed by atoms with Gasteiger partial charge in [-0.15, -0.1) is 0 Å². The minimum atomic E-state index is 0.475. The summed E-state index contributed by atoms with van der Waals surface area (Å²) in [5.74, 6) is 2.04. The highest BCUT2D eigenvalue weighted by molar-refractivity contribution is 6.29. The molecule has 1 aliphatic rings. The number of hydrogen-bond donors (Lipinski definition) is 1. The van der Waals surface area contributed by atoms with E-state index in [0.717, 1.165) is 35.7 Å². The molecule has 5 heteroatoms. The van der Waals surface area contributed by atoms with Crippen molar-refractivity contribution in [2.75, 3.05) is 12.4 Å². The van der Waals surface area contributed by atoms with Gasteiger partial charge in [-0.2, -0.15) is 0 Å². The van der Waals surface area contributed by atoms with Crippen LogP contribution in [-0.2, 0) is 11.3 Å². The Labute approximate surface area is 123 Å². The Bertz CT molecular complexity index is 614. The molecule has 1 fully saturated rings. The molecule has 104 valence electrons. The number of nitrogens with zero attached hydrogens (tertiary/aromatic N) is 2. The van der Waals surface area contributed by atoms with E-state index >= 15 is 0 Å². The highest BCUT2D eigenvalue weighted by Gasteiger charge is 2.27. The zero-order valence-corrected chi connectivity index (χ0v) is 12.0. The van der Waals surface area contributed by atoms with Crippen molar-refractivity contribution in [2.24, 2.45) is 0 Å². The van der Waals surface area contributed by atoms with E-state index < -0.39 is 0 Å². The minimum absolute atomic E-state index is 0.475. The van der Waals surface area contributed by atoms with Crippen LogP contribution in [0.1, 0.15) is 30.1 Å². The topological polar surface area (TPSA) is 47.0 Å². The Kier molecular flexibility index (Phi) is 3.85. The summed E-state index contributed by atoms with van der Waals surface area (Å²) in [6, 6.07) is 9.74. The average Bonchev–Trinajstić information content (AvgIpc) is 3.25. The molecule has 1 saturated carbocycles. The van der Waals surface area contributed by atoms with Crippen LogP contribution in [-0.4, -0.2) is 17.1 Å². The molecule has 1 heterocycles. The molecule has 4 nitrogen and oxygen atoms in total. The first kappa shape index (κ1) is 13.3. The predicted molar refractivity (Wildman–Crippen MR) is 79.5 cm³/mol. The second kappa shape index (κ2) is 5.77. The number of methoxy groups -OCH3 is 1. The first-order chi connectivity index (χ1) is 9.76. The van der Waals surface area contributed by atoms with Crippen LogP contribution in [0.5, 0.6) is 0 Å². The van der Waals surface area contributed by atoms with Gasteiger partial charge in [0.15, 0.2) is 0 Å². The van der Waals surface area contributed by atoms with Crippen LogP contribution >= 0.6 is 11.6 Å². The summed E-state index contributed by atoms with van der Waals surface area (Å²) in [6.45, 7) is 0.553. The van der Waals surface area contributed by atoms with Gasteiger partial charge in [-0.05, 0) is 18.9 Å². The van der Waals surface area contributed by atoms with E-state index in [2.05, 4.69) is 15.3 Å². The summed E-state index contributed by atoms with van der Waals surface area (Å²) >= 11 is 6.07. The molecule has 0 bridgehead atoms. The standard InChI is InChI=1S/C15H16ClN3O/c1-20-9-11-4-2-3-5-12(11)17-14-8-13(16)18-15(19-14)10-6-7-10/h2-5,8,10H,6-7,9H2,1H3,(H,17,18,19). The van der Waals surface area contributed by atoms with Crippen LogP contribution in [0.4, 0.5) is 11.5 Å². The lowest BCUT2D eigenvalue weighted by molar-refractivity contribution is 0.185. The number of benzene rings is 1. The molecule has 0 radical (unpaired) electrons. The minimum Gasteiger partial charge on any atom is -0.380 e. The van der Waals surface area contributed by atoms with Crippen molar-refractivity contribution in [3.8, 4) is 0 Å². The largest absolute Gasteiger partial charge is 0.380 e. The van der Waals surface area contributed by atoms with Gasteiger partial charge in [0.1, 0.15) is 16.8 Å². The van der Waals surface area contributed by atoms with Gasteiger partial charge >= 0.3 is 0 Å². The predicted octanol–water partition coefficient (Wildman–Crippen LogP) is 3.90. The molecule has 1 aromatic heterocycles. The second-order valence-corrected chi connectivity index (χ2v) is 5.31. The van der Waals surface area contributed by atoms with Gasteiger partial charge in [-0.3, -0.25) is 0 Å². The molecule has 2 aromatic rings. The summed E-state index contributed by atoms with van der Waals surface area (Å²) in [4.78, 5) is 8.83. The van der Waals surface area contributed by atoms with E-state index in [-0.39, 0.29) is 0 Å². The summed E-state index contributed by atoms with van der Waals surface area (Å²) < 4.78 is 5.20. The number of rotatable bonds is 5. The molecule has 0 atom stereocenters. The lowest BCUT2D eigenvalue weighted by Crippen LogP contribution is -2.02. The summed E-state index contributed by atoms with van der Waals surface area (Å²) in [6.07, 6.45) is 2.31. The molecule has 0 amide bonds. The zero-order valence-electron chi connectivity index (χ0n) is 11.3. The van der Waals surface area contributed by atoms with Gasteiger partial charge in [-0.1, -0.05) is 29.8 Å². The molecular weight excluding hydrogens is 274 g/mol. The van der Waals surface area contributed by atoms with E-state index in [1.807, 2.05) is 24.3 Å². The number of para-hydroxylation sites is 1. The molecule has 0 aliphatic heterocycles. The number of aromatic nitrogens is 2. The molecule has 20 heavy (non-hydrogen) atoms. The van der Waals surface area contributed by atoms with Crippen molar-refractivity contribution >= 4 is 23.1 Å². The number of anilines is 2. The van der Waals surface area contributed by atoms with Crippen LogP contribution in [0.25, 0.3) is 0 Å². The normalized spacial score (nSPS) is 14.3. The van der Waals surface area contributed by atoms with Crippen molar-refractivity contribution < 1.29 is 4.74 Å². The van der Waals surface area contributed by atoms with Crippen molar-refractivity contribution in [1.29, 1.82) is 0 Å². The Morgan fingerprint density at radius 2 is 2.10 bits per heavy atom. The van der Waals surface area contributed by atoms with Gasteiger partial charge < -0.3 is 10.1 Å². The Balaban J connectivity index is 1.87. The number of ether oxygens (including phenoxy) is 1. The Hall–Kier alpha value is -1.65. The third-order valence-corrected chi connectivity index (χ3v) is 3.43. The van der Waals surface area contributed by atoms with Gasteiger partial charge in [0.05, 0.1) is 6.61 Å². The van der Waals surface area contributed by atoms with E-state index in [9.17, 15) is 0 Å². The molecule has 0 unspecified atom stereocenters. The van der Waals surface area contributed by atoms with E-state index in [0.29, 0.717) is 17.7 Å². The fraction of sp³-hybridized carbons (Fsp3) is 0.333. The van der Waals surface area contributed by atoms with Crippen molar-refractivity contribution in [3.05, 3.63) is 46.9 Å². The van der Waals surface area contributed by atoms with Crippen LogP contribution in [0.15, 0.2) is 30.3 Å². The third-order valence-electron chi connectivity index (χ3n) is 3.23. The maximum absolute atomic E-state index is 6.07. The highest BCUT2D eigenvalue weighted by Crippen LogP contribution is 2.39. The first-order valence-corrected chi connectivity index (χ1v) is 7.02. The zero-order chi connectivity index (χ0) is 13.9. The highest BCUT2D eigenvalue weighted by atomic mass is 35.5. The lowest BCUT2D eigenvalue weighted by atomic mass is 10.2. The van der Waals surface area contributed by atoms with Crippen molar-refractivity contribution in [3.63, 3.8) is 0 Å². The first-order valence-electron chi connectivity index (χ1n) is 6.64. The van der Waals surface area contributed by atoms with Crippen LogP contribution in [0.3, 0.4) is 0 Å². The number of nitrogens with one attached hydrogen (secondary N) is 1. The summed E-state index contributed by atoms with van der Waals surface area (Å²) in [5, 5.41) is 3.79. The number of halogens is 1. The summed E-state index contributed by atoms with van der Waals surface area (Å²) in [5.41, 5.74) is 2.06. The molecule has 0 spiro atoms. The smallest absolute Gasteiger partial charge is 0.135 e. The van der Waals surface area contributed by atoms with Crippen LogP contribution in [0.2, 0.25) is 5.15 Å². The second-order valence-electron chi connectivity index (χ2n) is 4.92. The molecule has 0 saturated heterocycles. The van der Waals surface area contributed by atoms with Crippen molar-refractivity contribution in [1.82, 2.24) is 9.97 Å². The average molecular weight is 290 g/mol. The van der Waals surface area contributed by atoms with E-state index in [4.69, 9.17) is 16.3 Å². The molecule has 3 rings (SSSR count). The third kappa shape index (κ3) is 3.08. The molecule has 1 aromatic carbocycles. The van der Waals surface area contributed by atoms with Gasteiger partial charge in [-0.25, -0.2) is 9.97 Å². The maximum Gasteiger partial charge on any atom is 0.135 e. The maximum atomic E-state index is 6.07. The van der Waals surface area contributed by atoms with E-state index in [1.54, 1.807) is 13.2 Å². The number of hydrogen-bond acceptors (Lipinski definition) is 4. The Morgan fingerprint density at radius 1 is 1.30 bits per heavy atom. The summed E-state index contributed by atoms with van der Waals surface area (Å²) in [7, 11) is 1.68. The molecular formula is C15H16ClN3O. The fourth-order valence-corrected chi connectivity index (χ4v) is 2.27. The van der Waals surface area contributed by atoms with Gasteiger partial charge in [0.25, 0.3) is 0 Å². The quantitative estimate of drug-likeness (QED) is 0.848. The SMILES string of the molecule is COCc1ccccc1Nc1cc(Cl)nc(C2CC2)n1. The molecule has 1 aliphatic carbocycles. The van der Waals surface area contributed by atoms with Crippen LogP contribution in [0, 0.1) is 0 Å². The van der Waals surface area contributed by atoms with Crippen molar-refractivity contribution in [2.45, 2.75) is 25.4 Å². The monoisotopic (exact) mass is 289 g/mol. The Morgan fingerprint density at radius 3 is 2.85 bits per heavy atom. The van der Waals surface area contributed by atoms with Crippen LogP contribution < -0.4 is 5.32 Å². The lowest BCUT2D eigenvalue weighted by Gasteiger charge is -2.11. The van der Waals surface area contributed by atoms with Gasteiger partial charge in [0.2, 0.25) is 0 Å². The van der Waals surface area contributed by atoms with E-state index in [1.165, 1.54) is 0 Å². The fourth-order valence-electron chi connectivity index (χ4n) is 2.08. The molecule has 1 N–H and O–H groups in total. The van der Waals surface area contributed by atoms with Gasteiger partial charge in [0, 0.05) is 30.3 Å².